The van der Waals surface area contributed by atoms with E-state index in [1.54, 1.807) is 6.20 Å². The molecule has 0 aliphatic heterocycles. The summed E-state index contributed by atoms with van der Waals surface area (Å²) in [6.07, 6.45) is 6.94. The van der Waals surface area contributed by atoms with Gasteiger partial charge in [-0.1, -0.05) is 17.5 Å². The molecule has 0 saturated carbocycles. The third-order valence-electron chi connectivity index (χ3n) is 3.03. The van der Waals surface area contributed by atoms with E-state index in [4.69, 9.17) is 18.0 Å². The molecule has 1 aromatic heterocycles. The number of aromatic nitrogens is 1. The Morgan fingerprint density at radius 1 is 1.10 bits per heavy atom. The van der Waals surface area contributed by atoms with Crippen LogP contribution >= 0.6 is 11.6 Å². The molecule has 0 aliphatic carbocycles. The first-order valence-corrected chi connectivity index (χ1v) is 7.32. The van der Waals surface area contributed by atoms with Gasteiger partial charge in [-0.3, -0.25) is 4.98 Å². The van der Waals surface area contributed by atoms with Crippen molar-refractivity contribution in [2.24, 2.45) is 0 Å². The van der Waals surface area contributed by atoms with Crippen LogP contribution in [0.5, 0.6) is 0 Å². The van der Waals surface area contributed by atoms with Crippen LogP contribution in [0.15, 0.2) is 30.5 Å². The minimum Gasteiger partial charge on any atom is -0.383 e. The molecule has 0 fully saturated rings. The van der Waals surface area contributed by atoms with Gasteiger partial charge in [0.15, 0.2) is 0 Å². The van der Waals surface area contributed by atoms with Crippen molar-refractivity contribution in [3.8, 4) is 12.3 Å². The van der Waals surface area contributed by atoms with E-state index in [2.05, 4.69) is 26.9 Å². The van der Waals surface area contributed by atoms with Crippen molar-refractivity contribution in [1.29, 1.82) is 0 Å². The SMILES string of the molecule is C#CCNCCNCCNc1ccnc2cc(Cl)ccc12. The van der Waals surface area contributed by atoms with Crippen LogP contribution in [0, 0.1) is 12.3 Å². The highest BCUT2D eigenvalue weighted by Crippen LogP contribution is 2.23. The number of pyridine rings is 1. The zero-order valence-corrected chi connectivity index (χ0v) is 12.6. The quantitative estimate of drug-likeness (QED) is 0.516. The molecule has 0 amide bonds. The maximum atomic E-state index is 5.98. The Bertz CT molecular complexity index is 621. The largest absolute Gasteiger partial charge is 0.383 e. The van der Waals surface area contributed by atoms with Crippen LogP contribution in [-0.4, -0.2) is 37.7 Å². The maximum absolute atomic E-state index is 5.98. The van der Waals surface area contributed by atoms with Gasteiger partial charge in [-0.15, -0.1) is 6.42 Å². The Balaban J connectivity index is 1.78. The lowest BCUT2D eigenvalue weighted by atomic mass is 10.2. The van der Waals surface area contributed by atoms with Crippen molar-refractivity contribution >= 4 is 28.2 Å². The monoisotopic (exact) mass is 302 g/mol. The molecule has 5 heteroatoms. The van der Waals surface area contributed by atoms with E-state index in [1.165, 1.54) is 0 Å². The van der Waals surface area contributed by atoms with E-state index < -0.39 is 0 Å². The summed E-state index contributed by atoms with van der Waals surface area (Å²) in [6, 6.07) is 7.72. The van der Waals surface area contributed by atoms with Crippen LogP contribution in [0.1, 0.15) is 0 Å². The number of nitrogens with one attached hydrogen (secondary N) is 3. The van der Waals surface area contributed by atoms with Gasteiger partial charge in [0.25, 0.3) is 0 Å². The first-order chi connectivity index (χ1) is 10.3. The minimum absolute atomic E-state index is 0.617. The number of fused-ring (bicyclic) bond motifs is 1. The topological polar surface area (TPSA) is 49.0 Å². The van der Waals surface area contributed by atoms with Crippen LogP contribution in [0.3, 0.4) is 0 Å². The number of terminal acetylenes is 1. The molecule has 0 unspecified atom stereocenters. The molecule has 0 spiro atoms. The van der Waals surface area contributed by atoms with Crippen LogP contribution in [0.2, 0.25) is 5.02 Å². The molecule has 2 rings (SSSR count). The lowest BCUT2D eigenvalue weighted by Crippen LogP contribution is -2.30. The van der Waals surface area contributed by atoms with Crippen molar-refractivity contribution in [3.63, 3.8) is 0 Å². The molecule has 0 bridgehead atoms. The number of hydrogen-bond acceptors (Lipinski definition) is 4. The molecule has 0 radical (unpaired) electrons. The summed E-state index contributed by atoms with van der Waals surface area (Å²) in [6.45, 7) is 4.12. The van der Waals surface area contributed by atoms with Crippen molar-refractivity contribution in [3.05, 3.63) is 35.5 Å². The van der Waals surface area contributed by atoms with Crippen molar-refractivity contribution < 1.29 is 0 Å². The molecule has 4 nitrogen and oxygen atoms in total. The zero-order chi connectivity index (χ0) is 14.9. The maximum Gasteiger partial charge on any atom is 0.0737 e. The van der Waals surface area contributed by atoms with Crippen LogP contribution in [0.25, 0.3) is 10.9 Å². The standard InChI is InChI=1S/C16H19ClN4/c1-2-6-18-8-9-19-10-11-21-15-5-7-20-16-12-13(17)3-4-14(15)16/h1,3-5,7,12,18-19H,6,8-11H2,(H,20,21). The van der Waals surface area contributed by atoms with Gasteiger partial charge in [-0.2, -0.15) is 0 Å². The fourth-order valence-corrected chi connectivity index (χ4v) is 2.19. The lowest BCUT2D eigenvalue weighted by Gasteiger charge is -2.10. The fraction of sp³-hybridized carbons (Fsp3) is 0.312. The molecule has 0 saturated heterocycles. The Morgan fingerprint density at radius 3 is 2.76 bits per heavy atom. The van der Waals surface area contributed by atoms with Gasteiger partial charge in [0.1, 0.15) is 0 Å². The second kappa shape index (κ2) is 8.48. The highest BCUT2D eigenvalue weighted by atomic mass is 35.5. The third-order valence-corrected chi connectivity index (χ3v) is 3.26. The van der Waals surface area contributed by atoms with Gasteiger partial charge in [-0.25, -0.2) is 0 Å². The van der Waals surface area contributed by atoms with Crippen LogP contribution in [0.4, 0.5) is 5.69 Å². The average molecular weight is 303 g/mol. The Morgan fingerprint density at radius 2 is 1.90 bits per heavy atom. The molecule has 1 aromatic carbocycles. The predicted molar refractivity (Wildman–Crippen MR) is 89.8 cm³/mol. The molecule has 21 heavy (non-hydrogen) atoms. The number of benzene rings is 1. The summed E-state index contributed by atoms with van der Waals surface area (Å²) >= 11 is 5.98. The molecule has 1 heterocycles. The summed E-state index contributed by atoms with van der Waals surface area (Å²) in [5.41, 5.74) is 1.97. The molecule has 0 aliphatic rings. The smallest absolute Gasteiger partial charge is 0.0737 e. The third kappa shape index (κ3) is 4.91. The summed E-state index contributed by atoms with van der Waals surface area (Å²) in [7, 11) is 0. The van der Waals surface area contributed by atoms with E-state index in [9.17, 15) is 0 Å². The summed E-state index contributed by atoms with van der Waals surface area (Å²) in [4.78, 5) is 4.32. The highest BCUT2D eigenvalue weighted by Gasteiger charge is 2.01. The van der Waals surface area contributed by atoms with Gasteiger partial charge in [0.05, 0.1) is 12.1 Å². The number of halogens is 1. The van der Waals surface area contributed by atoms with Crippen molar-refractivity contribution in [2.75, 3.05) is 38.0 Å². The molecule has 3 N–H and O–H groups in total. The fourth-order valence-electron chi connectivity index (χ4n) is 2.02. The number of anilines is 1. The predicted octanol–water partition coefficient (Wildman–Crippen LogP) is 2.11. The number of nitrogens with zero attached hydrogens (tertiary/aromatic N) is 1. The number of rotatable bonds is 8. The van der Waals surface area contributed by atoms with E-state index in [0.717, 1.165) is 42.8 Å². The molecular formula is C16H19ClN4. The summed E-state index contributed by atoms with van der Waals surface area (Å²) < 4.78 is 0. The van der Waals surface area contributed by atoms with E-state index in [0.29, 0.717) is 11.6 Å². The average Bonchev–Trinajstić information content (AvgIpc) is 2.49. The Labute approximate surface area is 130 Å². The van der Waals surface area contributed by atoms with Gasteiger partial charge in [0, 0.05) is 48.5 Å². The van der Waals surface area contributed by atoms with Crippen LogP contribution in [-0.2, 0) is 0 Å². The van der Waals surface area contributed by atoms with Gasteiger partial charge < -0.3 is 16.0 Å². The Kier molecular flexibility index (Phi) is 6.29. The molecule has 0 atom stereocenters. The van der Waals surface area contributed by atoms with Gasteiger partial charge in [-0.05, 0) is 24.3 Å². The number of hydrogen-bond donors (Lipinski definition) is 3. The van der Waals surface area contributed by atoms with E-state index >= 15 is 0 Å². The minimum atomic E-state index is 0.617. The summed E-state index contributed by atoms with van der Waals surface area (Å²) in [5, 5.41) is 11.7. The Hall–Kier alpha value is -1.80. The first-order valence-electron chi connectivity index (χ1n) is 6.94. The van der Waals surface area contributed by atoms with Gasteiger partial charge >= 0.3 is 0 Å². The van der Waals surface area contributed by atoms with E-state index in [-0.39, 0.29) is 0 Å². The molecule has 2 aromatic rings. The van der Waals surface area contributed by atoms with Crippen molar-refractivity contribution in [2.45, 2.75) is 0 Å². The lowest BCUT2D eigenvalue weighted by molar-refractivity contribution is 0.648. The normalized spacial score (nSPS) is 10.5. The second-order valence-electron chi connectivity index (χ2n) is 4.58. The molecule has 110 valence electrons. The zero-order valence-electron chi connectivity index (χ0n) is 11.8. The van der Waals surface area contributed by atoms with Crippen molar-refractivity contribution in [1.82, 2.24) is 15.6 Å². The summed E-state index contributed by atoms with van der Waals surface area (Å²) in [5.74, 6) is 2.55. The van der Waals surface area contributed by atoms with E-state index in [1.807, 2.05) is 24.3 Å². The second-order valence-corrected chi connectivity index (χ2v) is 5.01. The van der Waals surface area contributed by atoms with Crippen LogP contribution < -0.4 is 16.0 Å². The first kappa shape index (κ1) is 15.6. The molecular weight excluding hydrogens is 284 g/mol. The highest BCUT2D eigenvalue weighted by molar-refractivity contribution is 6.31. The van der Waals surface area contributed by atoms with Gasteiger partial charge in [0.2, 0.25) is 0 Å².